The standard InChI is InChI=1S/C22H31N3O3S.HI/c1-18(13-14-29(3,26)27)25-22(23-2)24-15-19-9-11-21(12-10-19)17-28-16-20-7-5-4-6-8-20;/h4-12,18H,13-17H2,1-3H3,(H2,23,24,25);1H. The van der Waals surface area contributed by atoms with Crippen molar-refractivity contribution in [3.05, 3.63) is 71.3 Å². The number of ether oxygens (including phenoxy) is 1. The maximum atomic E-state index is 11.3. The number of halogens is 1. The highest BCUT2D eigenvalue weighted by Crippen LogP contribution is 2.08. The molecule has 0 fully saturated rings. The van der Waals surface area contributed by atoms with Gasteiger partial charge < -0.3 is 15.4 Å². The van der Waals surface area contributed by atoms with Crippen molar-refractivity contribution in [2.75, 3.05) is 19.1 Å². The average Bonchev–Trinajstić information content (AvgIpc) is 2.71. The number of benzene rings is 2. The van der Waals surface area contributed by atoms with Crippen LogP contribution in [0.1, 0.15) is 30.0 Å². The summed E-state index contributed by atoms with van der Waals surface area (Å²) in [6.45, 7) is 3.75. The molecule has 0 bridgehead atoms. The van der Waals surface area contributed by atoms with Gasteiger partial charge in [0.25, 0.3) is 0 Å². The maximum Gasteiger partial charge on any atom is 0.191 e. The first kappa shape index (κ1) is 26.4. The van der Waals surface area contributed by atoms with Gasteiger partial charge in [-0.3, -0.25) is 4.99 Å². The second kappa shape index (κ2) is 13.6. The molecule has 0 aliphatic rings. The van der Waals surface area contributed by atoms with E-state index in [1.807, 2.05) is 25.1 Å². The summed E-state index contributed by atoms with van der Waals surface area (Å²) >= 11 is 0. The predicted molar refractivity (Wildman–Crippen MR) is 134 cm³/mol. The molecule has 0 saturated carbocycles. The molecule has 0 aliphatic heterocycles. The minimum atomic E-state index is -2.95. The lowest BCUT2D eigenvalue weighted by molar-refractivity contribution is 0.107. The highest BCUT2D eigenvalue weighted by Gasteiger charge is 2.09. The van der Waals surface area contributed by atoms with E-state index in [0.29, 0.717) is 32.1 Å². The van der Waals surface area contributed by atoms with Gasteiger partial charge in [0.05, 0.1) is 19.0 Å². The summed E-state index contributed by atoms with van der Waals surface area (Å²) in [6, 6.07) is 18.4. The Bertz CT molecular complexity index is 872. The molecule has 2 rings (SSSR count). The van der Waals surface area contributed by atoms with Gasteiger partial charge in [0.2, 0.25) is 0 Å². The third-order valence-corrected chi connectivity index (χ3v) is 5.37. The Morgan fingerprint density at radius 1 is 1.00 bits per heavy atom. The smallest absolute Gasteiger partial charge is 0.191 e. The highest BCUT2D eigenvalue weighted by atomic mass is 127. The van der Waals surface area contributed by atoms with Gasteiger partial charge in [-0.05, 0) is 30.0 Å². The van der Waals surface area contributed by atoms with Gasteiger partial charge >= 0.3 is 0 Å². The number of nitrogens with zero attached hydrogens (tertiary/aromatic N) is 1. The Kier molecular flexibility index (Phi) is 12.0. The molecule has 30 heavy (non-hydrogen) atoms. The molecule has 0 amide bonds. The summed E-state index contributed by atoms with van der Waals surface area (Å²) in [5, 5.41) is 6.47. The Hall–Kier alpha value is -1.65. The fourth-order valence-corrected chi connectivity index (χ4v) is 3.47. The van der Waals surface area contributed by atoms with Crippen molar-refractivity contribution < 1.29 is 13.2 Å². The molecule has 166 valence electrons. The zero-order chi connectivity index (χ0) is 21.1. The Morgan fingerprint density at radius 3 is 2.13 bits per heavy atom. The molecular formula is C22H32IN3O3S. The van der Waals surface area contributed by atoms with Crippen molar-refractivity contribution in [1.29, 1.82) is 0 Å². The van der Waals surface area contributed by atoms with Crippen LogP contribution in [0.4, 0.5) is 0 Å². The lowest BCUT2D eigenvalue weighted by Crippen LogP contribution is -2.42. The van der Waals surface area contributed by atoms with Gasteiger partial charge in [0, 0.05) is 25.9 Å². The molecular weight excluding hydrogens is 513 g/mol. The van der Waals surface area contributed by atoms with Crippen LogP contribution >= 0.6 is 24.0 Å². The third kappa shape index (κ3) is 10.9. The van der Waals surface area contributed by atoms with Crippen LogP contribution in [0.2, 0.25) is 0 Å². The zero-order valence-corrected chi connectivity index (χ0v) is 20.9. The summed E-state index contributed by atoms with van der Waals surface area (Å²) in [5.74, 6) is 0.813. The molecule has 2 N–H and O–H groups in total. The average molecular weight is 545 g/mol. The monoisotopic (exact) mass is 545 g/mol. The highest BCUT2D eigenvalue weighted by molar-refractivity contribution is 14.0. The van der Waals surface area contributed by atoms with Gasteiger partial charge in [-0.2, -0.15) is 0 Å². The molecule has 2 aromatic rings. The first-order valence-electron chi connectivity index (χ1n) is 9.70. The van der Waals surface area contributed by atoms with E-state index < -0.39 is 9.84 Å². The number of nitrogens with one attached hydrogen (secondary N) is 2. The van der Waals surface area contributed by atoms with Crippen LogP contribution in [-0.4, -0.2) is 39.5 Å². The van der Waals surface area contributed by atoms with E-state index in [4.69, 9.17) is 4.74 Å². The van der Waals surface area contributed by atoms with Crippen molar-refractivity contribution in [1.82, 2.24) is 10.6 Å². The van der Waals surface area contributed by atoms with Crippen molar-refractivity contribution in [2.45, 2.75) is 39.1 Å². The molecule has 1 unspecified atom stereocenters. The molecule has 6 nitrogen and oxygen atoms in total. The van der Waals surface area contributed by atoms with Crippen LogP contribution in [0.5, 0.6) is 0 Å². The van der Waals surface area contributed by atoms with E-state index in [9.17, 15) is 8.42 Å². The Labute approximate surface area is 197 Å². The quantitative estimate of drug-likeness (QED) is 0.272. The maximum absolute atomic E-state index is 11.3. The van der Waals surface area contributed by atoms with Crippen molar-refractivity contribution in [3.8, 4) is 0 Å². The minimum absolute atomic E-state index is 0. The second-order valence-corrected chi connectivity index (χ2v) is 9.44. The predicted octanol–water partition coefficient (Wildman–Crippen LogP) is 3.51. The second-order valence-electron chi connectivity index (χ2n) is 7.18. The molecule has 0 aliphatic carbocycles. The van der Waals surface area contributed by atoms with Gasteiger partial charge in [0.1, 0.15) is 9.84 Å². The van der Waals surface area contributed by atoms with Gasteiger partial charge in [-0.25, -0.2) is 8.42 Å². The van der Waals surface area contributed by atoms with Crippen LogP contribution in [0.3, 0.4) is 0 Å². The first-order valence-corrected chi connectivity index (χ1v) is 11.8. The minimum Gasteiger partial charge on any atom is -0.372 e. The molecule has 0 radical (unpaired) electrons. The summed E-state index contributed by atoms with van der Waals surface area (Å²) in [4.78, 5) is 4.20. The van der Waals surface area contributed by atoms with Crippen LogP contribution in [0.15, 0.2) is 59.6 Å². The topological polar surface area (TPSA) is 79.8 Å². The zero-order valence-electron chi connectivity index (χ0n) is 17.8. The van der Waals surface area contributed by atoms with Crippen LogP contribution in [0.25, 0.3) is 0 Å². The van der Waals surface area contributed by atoms with E-state index in [1.54, 1.807) is 7.05 Å². The fourth-order valence-electron chi connectivity index (χ4n) is 2.69. The van der Waals surface area contributed by atoms with Crippen LogP contribution in [-0.2, 0) is 34.3 Å². The van der Waals surface area contributed by atoms with E-state index >= 15 is 0 Å². The van der Waals surface area contributed by atoms with Gasteiger partial charge in [-0.1, -0.05) is 54.6 Å². The summed E-state index contributed by atoms with van der Waals surface area (Å²) < 4.78 is 28.3. The normalized spacial score (nSPS) is 12.7. The summed E-state index contributed by atoms with van der Waals surface area (Å²) in [5.41, 5.74) is 3.42. The Morgan fingerprint density at radius 2 is 1.57 bits per heavy atom. The number of hydrogen-bond acceptors (Lipinski definition) is 4. The SMILES string of the molecule is CN=C(NCc1ccc(COCc2ccccc2)cc1)NC(C)CCS(C)(=O)=O.I. The number of hydrogen-bond donors (Lipinski definition) is 2. The lowest BCUT2D eigenvalue weighted by Gasteiger charge is -2.17. The fraction of sp³-hybridized carbons (Fsp3) is 0.409. The molecule has 1 atom stereocenters. The molecule has 2 aromatic carbocycles. The van der Waals surface area contributed by atoms with E-state index in [1.165, 1.54) is 6.26 Å². The van der Waals surface area contributed by atoms with Crippen LogP contribution < -0.4 is 10.6 Å². The largest absolute Gasteiger partial charge is 0.372 e. The summed E-state index contributed by atoms with van der Waals surface area (Å²) in [6.07, 6.45) is 1.79. The number of rotatable bonds is 10. The van der Waals surface area contributed by atoms with Crippen molar-refractivity contribution >= 4 is 39.8 Å². The molecule has 0 heterocycles. The van der Waals surface area contributed by atoms with E-state index in [0.717, 1.165) is 16.7 Å². The Balaban J connectivity index is 0.00000450. The molecule has 0 saturated heterocycles. The first-order chi connectivity index (χ1) is 13.9. The lowest BCUT2D eigenvalue weighted by atomic mass is 10.1. The summed E-state index contributed by atoms with van der Waals surface area (Å²) in [7, 11) is -1.25. The van der Waals surface area contributed by atoms with Gasteiger partial charge in [0.15, 0.2) is 5.96 Å². The molecule has 8 heteroatoms. The van der Waals surface area contributed by atoms with Crippen molar-refractivity contribution in [3.63, 3.8) is 0 Å². The van der Waals surface area contributed by atoms with Crippen molar-refractivity contribution in [2.24, 2.45) is 4.99 Å². The van der Waals surface area contributed by atoms with Crippen LogP contribution in [0, 0.1) is 0 Å². The van der Waals surface area contributed by atoms with E-state index in [-0.39, 0.29) is 35.8 Å². The number of guanidine groups is 1. The number of aliphatic imine (C=N–C) groups is 1. The number of sulfone groups is 1. The van der Waals surface area contributed by atoms with E-state index in [2.05, 4.69) is 52.0 Å². The molecule has 0 spiro atoms. The third-order valence-electron chi connectivity index (χ3n) is 4.39. The van der Waals surface area contributed by atoms with Gasteiger partial charge in [-0.15, -0.1) is 24.0 Å². The molecule has 0 aromatic heterocycles.